The van der Waals surface area contributed by atoms with E-state index >= 15 is 0 Å². The standard InChI is InChI=1S/C17H14FN5/c1-10(18)15-7-11(9-20-22-15)17-21-14-6-3-12(19-2)8-16(14)23(17)13-4-5-13/h3,6-10,13H,4-5H2,1H3. The van der Waals surface area contributed by atoms with Crippen LogP contribution in [-0.4, -0.2) is 19.7 Å². The van der Waals surface area contributed by atoms with Crippen molar-refractivity contribution in [1.82, 2.24) is 19.7 Å². The van der Waals surface area contributed by atoms with Gasteiger partial charge in [0.1, 0.15) is 12.0 Å². The maximum atomic E-state index is 13.5. The van der Waals surface area contributed by atoms with Gasteiger partial charge in [0.2, 0.25) is 0 Å². The SMILES string of the molecule is [C-]#[N+]c1ccc2nc(-c3cnnc(C(C)F)c3)n(C3CC3)c2c1. The number of benzene rings is 1. The lowest BCUT2D eigenvalue weighted by Gasteiger charge is -2.08. The van der Waals surface area contributed by atoms with Crippen LogP contribution >= 0.6 is 0 Å². The Kier molecular flexibility index (Phi) is 3.08. The highest BCUT2D eigenvalue weighted by Gasteiger charge is 2.29. The second-order valence-corrected chi connectivity index (χ2v) is 5.81. The molecule has 0 aliphatic heterocycles. The average molecular weight is 307 g/mol. The van der Waals surface area contributed by atoms with Crippen LogP contribution in [0.3, 0.4) is 0 Å². The number of imidazole rings is 1. The van der Waals surface area contributed by atoms with Gasteiger partial charge in [-0.05, 0) is 38.0 Å². The molecule has 3 aromatic rings. The zero-order valence-electron chi connectivity index (χ0n) is 12.6. The molecule has 1 fully saturated rings. The molecule has 2 aromatic heterocycles. The van der Waals surface area contributed by atoms with E-state index in [0.717, 1.165) is 35.3 Å². The van der Waals surface area contributed by atoms with Gasteiger partial charge in [0.25, 0.3) is 0 Å². The van der Waals surface area contributed by atoms with Crippen LogP contribution in [0.1, 0.15) is 37.7 Å². The van der Waals surface area contributed by atoms with Crippen molar-refractivity contribution in [3.63, 3.8) is 0 Å². The van der Waals surface area contributed by atoms with Gasteiger partial charge in [-0.25, -0.2) is 14.2 Å². The molecular weight excluding hydrogens is 293 g/mol. The summed E-state index contributed by atoms with van der Waals surface area (Å²) < 4.78 is 15.7. The fraction of sp³-hybridized carbons (Fsp3) is 0.294. The van der Waals surface area contributed by atoms with Crippen LogP contribution in [0.2, 0.25) is 0 Å². The molecule has 1 aliphatic rings. The van der Waals surface area contributed by atoms with Crippen LogP contribution < -0.4 is 0 Å². The molecular formula is C17H14FN5. The van der Waals surface area contributed by atoms with Crippen molar-refractivity contribution in [3.8, 4) is 11.4 Å². The number of alkyl halides is 1. The molecule has 0 N–H and O–H groups in total. The fourth-order valence-corrected chi connectivity index (χ4v) is 2.76. The quantitative estimate of drug-likeness (QED) is 0.673. The molecule has 0 bridgehead atoms. The van der Waals surface area contributed by atoms with E-state index in [0.29, 0.717) is 17.4 Å². The molecule has 0 saturated heterocycles. The maximum absolute atomic E-state index is 13.5. The summed E-state index contributed by atoms with van der Waals surface area (Å²) in [6.45, 7) is 8.64. The van der Waals surface area contributed by atoms with Crippen LogP contribution in [0.15, 0.2) is 30.5 Å². The molecule has 1 aromatic carbocycles. The summed E-state index contributed by atoms with van der Waals surface area (Å²) in [5, 5.41) is 7.75. The first-order valence-electron chi connectivity index (χ1n) is 7.54. The molecule has 5 nitrogen and oxygen atoms in total. The van der Waals surface area contributed by atoms with Crippen LogP contribution in [0, 0.1) is 6.57 Å². The van der Waals surface area contributed by atoms with Gasteiger partial charge in [-0.3, -0.25) is 0 Å². The summed E-state index contributed by atoms with van der Waals surface area (Å²) in [6.07, 6.45) is 2.62. The molecule has 1 aliphatic carbocycles. The van der Waals surface area contributed by atoms with Crippen molar-refractivity contribution in [2.24, 2.45) is 0 Å². The van der Waals surface area contributed by atoms with Crippen LogP contribution in [0.5, 0.6) is 0 Å². The Morgan fingerprint density at radius 2 is 2.17 bits per heavy atom. The summed E-state index contributed by atoms with van der Waals surface area (Å²) in [4.78, 5) is 8.19. The maximum Gasteiger partial charge on any atom is 0.189 e. The highest BCUT2D eigenvalue weighted by atomic mass is 19.1. The Morgan fingerprint density at radius 3 is 2.87 bits per heavy atom. The van der Waals surface area contributed by atoms with Crippen molar-refractivity contribution >= 4 is 16.7 Å². The highest BCUT2D eigenvalue weighted by Crippen LogP contribution is 2.42. The zero-order chi connectivity index (χ0) is 16.0. The Balaban J connectivity index is 1.95. The summed E-state index contributed by atoms with van der Waals surface area (Å²) in [5.74, 6) is 0.765. The zero-order valence-corrected chi connectivity index (χ0v) is 12.6. The first-order valence-corrected chi connectivity index (χ1v) is 7.54. The Morgan fingerprint density at radius 1 is 1.35 bits per heavy atom. The van der Waals surface area contributed by atoms with E-state index in [-0.39, 0.29) is 0 Å². The van der Waals surface area contributed by atoms with Gasteiger partial charge in [0.05, 0.1) is 29.5 Å². The summed E-state index contributed by atoms with van der Waals surface area (Å²) >= 11 is 0. The van der Waals surface area contributed by atoms with E-state index in [9.17, 15) is 4.39 Å². The predicted molar refractivity (Wildman–Crippen MR) is 84.8 cm³/mol. The molecule has 1 unspecified atom stereocenters. The van der Waals surface area contributed by atoms with E-state index in [1.165, 1.54) is 6.92 Å². The number of fused-ring (bicyclic) bond motifs is 1. The fourth-order valence-electron chi connectivity index (χ4n) is 2.76. The van der Waals surface area contributed by atoms with E-state index in [1.54, 1.807) is 18.3 Å². The van der Waals surface area contributed by atoms with Crippen LogP contribution in [0.4, 0.5) is 10.1 Å². The number of halogens is 1. The Bertz CT molecular complexity index is 934. The van der Waals surface area contributed by atoms with Crippen LogP contribution in [0.25, 0.3) is 27.3 Å². The molecule has 4 rings (SSSR count). The third-order valence-electron chi connectivity index (χ3n) is 4.05. The molecule has 0 radical (unpaired) electrons. The number of rotatable bonds is 3. The molecule has 0 spiro atoms. The first-order chi connectivity index (χ1) is 11.2. The van der Waals surface area contributed by atoms with E-state index in [4.69, 9.17) is 6.57 Å². The third kappa shape index (κ3) is 2.34. The minimum atomic E-state index is -1.17. The number of hydrogen-bond donors (Lipinski definition) is 0. The van der Waals surface area contributed by atoms with Gasteiger partial charge >= 0.3 is 0 Å². The molecule has 6 heteroatoms. The van der Waals surface area contributed by atoms with Gasteiger partial charge in [0.15, 0.2) is 5.69 Å². The monoisotopic (exact) mass is 307 g/mol. The lowest BCUT2D eigenvalue weighted by Crippen LogP contribution is -2.00. The summed E-state index contributed by atoms with van der Waals surface area (Å²) in [6, 6.07) is 7.58. The molecule has 1 atom stereocenters. The second-order valence-electron chi connectivity index (χ2n) is 5.81. The van der Waals surface area contributed by atoms with Crippen molar-refractivity contribution in [1.29, 1.82) is 0 Å². The number of hydrogen-bond acceptors (Lipinski definition) is 3. The molecule has 2 heterocycles. The Hall–Kier alpha value is -2.81. The Labute approximate surface area is 132 Å². The van der Waals surface area contributed by atoms with Crippen LogP contribution in [-0.2, 0) is 0 Å². The molecule has 1 saturated carbocycles. The highest BCUT2D eigenvalue weighted by molar-refractivity contribution is 5.84. The van der Waals surface area contributed by atoms with Crippen molar-refractivity contribution in [3.05, 3.63) is 47.6 Å². The predicted octanol–water partition coefficient (Wildman–Crippen LogP) is 4.41. The normalized spacial score (nSPS) is 15.5. The second kappa shape index (κ2) is 5.13. The largest absolute Gasteiger partial charge is 0.322 e. The molecule has 0 amide bonds. The smallest absolute Gasteiger partial charge is 0.189 e. The lowest BCUT2D eigenvalue weighted by atomic mass is 10.2. The van der Waals surface area contributed by atoms with Crippen molar-refractivity contribution < 1.29 is 4.39 Å². The van der Waals surface area contributed by atoms with E-state index in [1.807, 2.05) is 12.1 Å². The van der Waals surface area contributed by atoms with Crippen molar-refractivity contribution in [2.75, 3.05) is 0 Å². The summed E-state index contributed by atoms with van der Waals surface area (Å²) in [5.41, 5.74) is 3.44. The first kappa shape index (κ1) is 13.8. The van der Waals surface area contributed by atoms with E-state index in [2.05, 4.69) is 24.6 Å². The van der Waals surface area contributed by atoms with E-state index < -0.39 is 6.17 Å². The number of nitrogens with zero attached hydrogens (tertiary/aromatic N) is 5. The summed E-state index contributed by atoms with van der Waals surface area (Å²) in [7, 11) is 0. The van der Waals surface area contributed by atoms with Gasteiger partial charge in [-0.15, -0.1) is 0 Å². The van der Waals surface area contributed by atoms with Gasteiger partial charge < -0.3 is 4.57 Å². The third-order valence-corrected chi connectivity index (χ3v) is 4.05. The number of aromatic nitrogens is 4. The lowest BCUT2D eigenvalue weighted by molar-refractivity contribution is 0.363. The van der Waals surface area contributed by atoms with Crippen molar-refractivity contribution in [2.45, 2.75) is 32.0 Å². The average Bonchev–Trinajstić information content (AvgIpc) is 3.34. The van der Waals surface area contributed by atoms with Gasteiger partial charge in [-0.1, -0.05) is 6.07 Å². The minimum Gasteiger partial charge on any atom is -0.322 e. The molecule has 114 valence electrons. The van der Waals surface area contributed by atoms with Gasteiger partial charge in [0, 0.05) is 11.6 Å². The topological polar surface area (TPSA) is 48.0 Å². The molecule has 23 heavy (non-hydrogen) atoms. The van der Waals surface area contributed by atoms with Gasteiger partial charge in [-0.2, -0.15) is 10.2 Å². The minimum absolute atomic E-state index is 0.304.